The van der Waals surface area contributed by atoms with Crippen LogP contribution in [0.4, 0.5) is 27.0 Å². The summed E-state index contributed by atoms with van der Waals surface area (Å²) in [7, 11) is 0. The summed E-state index contributed by atoms with van der Waals surface area (Å²) in [6, 6.07) is 0. The van der Waals surface area contributed by atoms with E-state index in [2.05, 4.69) is 5.32 Å². The van der Waals surface area contributed by atoms with Gasteiger partial charge in [-0.05, 0) is 31.2 Å². The molecule has 0 atom stereocenters. The van der Waals surface area contributed by atoms with Gasteiger partial charge in [0.05, 0.1) is 5.56 Å². The van der Waals surface area contributed by atoms with Crippen LogP contribution in [0.3, 0.4) is 0 Å². The van der Waals surface area contributed by atoms with E-state index in [0.717, 1.165) is 41.9 Å². The molecule has 0 aliphatic heterocycles. The summed E-state index contributed by atoms with van der Waals surface area (Å²) < 4.78 is 67.7. The van der Waals surface area contributed by atoms with Crippen LogP contribution in [0.15, 0.2) is 0 Å². The number of primary amides is 1. The third kappa shape index (κ3) is 3.48. The summed E-state index contributed by atoms with van der Waals surface area (Å²) >= 11 is 1.02. The number of nitrogens with two attached hydrogens (primary N) is 1. The second-order valence-corrected chi connectivity index (χ2v) is 7.49. The zero-order valence-corrected chi connectivity index (χ0v) is 15.3. The molecule has 2 amide bonds. The highest BCUT2D eigenvalue weighted by Gasteiger charge is 2.31. The van der Waals surface area contributed by atoms with Crippen molar-refractivity contribution in [2.24, 2.45) is 5.73 Å². The number of benzene rings is 1. The number of nitrogens with one attached hydrogen (secondary N) is 1. The summed E-state index contributed by atoms with van der Waals surface area (Å²) in [4.78, 5) is 25.0. The first-order chi connectivity index (χ1) is 13.2. The fraction of sp³-hybridized carbons (Fsp3) is 0.333. The van der Waals surface area contributed by atoms with E-state index in [1.807, 2.05) is 0 Å². The van der Waals surface area contributed by atoms with Gasteiger partial charge in [-0.15, -0.1) is 11.3 Å². The fourth-order valence-electron chi connectivity index (χ4n) is 3.24. The molecule has 0 saturated heterocycles. The monoisotopic (exact) mass is 418 g/mol. The van der Waals surface area contributed by atoms with Crippen molar-refractivity contribution in [2.75, 3.05) is 5.32 Å². The first-order valence-corrected chi connectivity index (χ1v) is 9.32. The highest BCUT2D eigenvalue weighted by Crippen LogP contribution is 2.37. The van der Waals surface area contributed by atoms with Crippen molar-refractivity contribution in [1.29, 1.82) is 0 Å². The number of anilines is 1. The van der Waals surface area contributed by atoms with Gasteiger partial charge in [0, 0.05) is 4.88 Å². The summed E-state index contributed by atoms with van der Waals surface area (Å²) in [6.45, 7) is 0. The summed E-state index contributed by atoms with van der Waals surface area (Å²) in [6.07, 6.45) is 4.79. The van der Waals surface area contributed by atoms with Crippen molar-refractivity contribution >= 4 is 28.2 Å². The molecule has 0 bridgehead atoms. The first kappa shape index (κ1) is 20.2. The van der Waals surface area contributed by atoms with E-state index in [0.29, 0.717) is 18.4 Å². The smallest absolute Gasteiger partial charge is 0.262 e. The Kier molecular flexibility index (Phi) is 5.69. The van der Waals surface area contributed by atoms with Gasteiger partial charge in [0.25, 0.3) is 11.8 Å². The molecule has 1 aromatic carbocycles. The molecule has 3 N–H and O–H groups in total. The standard InChI is InChI=1S/C18H15F5N2O2S/c19-11-10(12(20)14(22)15(23)13(11)21)17(27)25-18-9(16(24)26)7-5-3-1-2-4-6-8(7)28-18/h1-6H2,(H2,24,26)(H,25,27). The lowest BCUT2D eigenvalue weighted by Gasteiger charge is -2.10. The molecule has 28 heavy (non-hydrogen) atoms. The Hall–Kier alpha value is -2.49. The average molecular weight is 418 g/mol. The van der Waals surface area contributed by atoms with E-state index in [9.17, 15) is 31.5 Å². The average Bonchev–Trinajstić information content (AvgIpc) is 2.94. The number of fused-ring (bicyclic) bond motifs is 1. The van der Waals surface area contributed by atoms with Crippen LogP contribution in [-0.4, -0.2) is 11.8 Å². The quantitative estimate of drug-likeness (QED) is 0.439. The molecule has 1 aromatic heterocycles. The lowest BCUT2D eigenvalue weighted by molar-refractivity contribution is 0.100. The Bertz CT molecular complexity index is 945. The molecule has 4 nitrogen and oxygen atoms in total. The normalized spacial score (nSPS) is 14.2. The van der Waals surface area contributed by atoms with E-state index in [1.54, 1.807) is 0 Å². The Morgan fingerprint density at radius 1 is 0.786 bits per heavy atom. The summed E-state index contributed by atoms with van der Waals surface area (Å²) in [5, 5.41) is 2.04. The number of amides is 2. The highest BCUT2D eigenvalue weighted by atomic mass is 32.1. The van der Waals surface area contributed by atoms with Crippen LogP contribution >= 0.6 is 11.3 Å². The maximum absolute atomic E-state index is 13.9. The predicted molar refractivity (Wildman–Crippen MR) is 92.9 cm³/mol. The number of carbonyl (C=O) groups is 2. The molecule has 1 aliphatic carbocycles. The molecule has 0 spiro atoms. The minimum atomic E-state index is -2.36. The second-order valence-electron chi connectivity index (χ2n) is 6.39. The van der Waals surface area contributed by atoms with Gasteiger partial charge >= 0.3 is 0 Å². The molecule has 150 valence electrons. The van der Waals surface area contributed by atoms with Gasteiger partial charge in [0.2, 0.25) is 5.82 Å². The van der Waals surface area contributed by atoms with Gasteiger partial charge < -0.3 is 11.1 Å². The van der Waals surface area contributed by atoms with Gasteiger partial charge in [-0.1, -0.05) is 12.8 Å². The maximum Gasteiger partial charge on any atom is 0.262 e. The van der Waals surface area contributed by atoms with Crippen LogP contribution in [-0.2, 0) is 12.8 Å². The Balaban J connectivity index is 2.04. The van der Waals surface area contributed by atoms with Crippen molar-refractivity contribution < 1.29 is 31.5 Å². The van der Waals surface area contributed by atoms with Crippen LogP contribution in [0.25, 0.3) is 0 Å². The van der Waals surface area contributed by atoms with Crippen LogP contribution in [0.5, 0.6) is 0 Å². The van der Waals surface area contributed by atoms with Crippen LogP contribution in [0, 0.1) is 29.1 Å². The fourth-order valence-corrected chi connectivity index (χ4v) is 4.53. The van der Waals surface area contributed by atoms with Gasteiger partial charge in [0.1, 0.15) is 10.6 Å². The van der Waals surface area contributed by atoms with E-state index >= 15 is 0 Å². The third-order valence-electron chi connectivity index (χ3n) is 4.58. The van der Waals surface area contributed by atoms with Gasteiger partial charge in [-0.2, -0.15) is 0 Å². The number of rotatable bonds is 3. The molecule has 0 fully saturated rings. The highest BCUT2D eigenvalue weighted by molar-refractivity contribution is 7.17. The van der Waals surface area contributed by atoms with Crippen LogP contribution < -0.4 is 11.1 Å². The molecule has 1 heterocycles. The molecule has 0 saturated carbocycles. The number of aryl methyl sites for hydroxylation is 1. The Morgan fingerprint density at radius 2 is 1.32 bits per heavy atom. The molecular formula is C18H15F5N2O2S. The summed E-state index contributed by atoms with van der Waals surface area (Å²) in [5.41, 5.74) is 4.47. The van der Waals surface area contributed by atoms with Gasteiger partial charge in [0.15, 0.2) is 23.3 Å². The predicted octanol–water partition coefficient (Wildman–Crippen LogP) is 4.45. The zero-order valence-electron chi connectivity index (χ0n) is 14.4. The largest absolute Gasteiger partial charge is 0.365 e. The molecule has 2 aromatic rings. The van der Waals surface area contributed by atoms with Crippen molar-refractivity contribution in [3.63, 3.8) is 0 Å². The number of hydrogen-bond donors (Lipinski definition) is 2. The van der Waals surface area contributed by atoms with Crippen LogP contribution in [0.2, 0.25) is 0 Å². The van der Waals surface area contributed by atoms with Crippen molar-refractivity contribution in [3.05, 3.63) is 50.7 Å². The molecule has 0 unspecified atom stereocenters. The van der Waals surface area contributed by atoms with Crippen molar-refractivity contribution in [1.82, 2.24) is 0 Å². The Morgan fingerprint density at radius 3 is 1.89 bits per heavy atom. The number of carbonyl (C=O) groups excluding carboxylic acids is 2. The second kappa shape index (κ2) is 7.86. The number of hydrogen-bond acceptors (Lipinski definition) is 3. The molecule has 10 heteroatoms. The van der Waals surface area contributed by atoms with E-state index in [1.165, 1.54) is 0 Å². The van der Waals surface area contributed by atoms with E-state index in [-0.39, 0.29) is 10.6 Å². The first-order valence-electron chi connectivity index (χ1n) is 8.51. The summed E-state index contributed by atoms with van der Waals surface area (Å²) in [5.74, 6) is -13.7. The topological polar surface area (TPSA) is 72.2 Å². The van der Waals surface area contributed by atoms with Crippen LogP contribution in [0.1, 0.15) is 56.8 Å². The van der Waals surface area contributed by atoms with Gasteiger partial charge in [-0.3, -0.25) is 9.59 Å². The minimum Gasteiger partial charge on any atom is -0.365 e. The molecule has 0 radical (unpaired) electrons. The number of halogens is 5. The van der Waals surface area contributed by atoms with E-state index < -0.39 is 46.5 Å². The molecular weight excluding hydrogens is 403 g/mol. The lowest BCUT2D eigenvalue weighted by atomic mass is 9.96. The van der Waals surface area contributed by atoms with Crippen molar-refractivity contribution in [2.45, 2.75) is 38.5 Å². The minimum absolute atomic E-state index is 0.0131. The van der Waals surface area contributed by atoms with Gasteiger partial charge in [-0.25, -0.2) is 22.0 Å². The lowest BCUT2D eigenvalue weighted by Crippen LogP contribution is -2.21. The van der Waals surface area contributed by atoms with E-state index in [4.69, 9.17) is 5.73 Å². The molecule has 1 aliphatic rings. The molecule has 3 rings (SSSR count). The Labute approximate surface area is 160 Å². The van der Waals surface area contributed by atoms with Crippen molar-refractivity contribution in [3.8, 4) is 0 Å². The number of thiophene rings is 1. The zero-order chi connectivity index (χ0) is 20.6. The maximum atomic E-state index is 13.9. The third-order valence-corrected chi connectivity index (χ3v) is 5.79. The SMILES string of the molecule is NC(=O)c1c(NC(=O)c2c(F)c(F)c(F)c(F)c2F)sc2c1CCCCCC2.